The maximum atomic E-state index is 13.9. The van der Waals surface area contributed by atoms with Gasteiger partial charge in [-0.05, 0) is 30.3 Å². The summed E-state index contributed by atoms with van der Waals surface area (Å²) in [6.45, 7) is 1.68. The zero-order valence-corrected chi connectivity index (χ0v) is 22.5. The fraction of sp³-hybridized carbons (Fsp3) is 0.320. The third-order valence-electron chi connectivity index (χ3n) is 5.67. The number of ether oxygens (including phenoxy) is 3. The molecular formula is C25H20Cl2F3NO7S. The van der Waals surface area contributed by atoms with Crippen molar-refractivity contribution in [2.45, 2.75) is 48.4 Å². The molecule has 3 aromatic rings. The number of esters is 2. The van der Waals surface area contributed by atoms with Gasteiger partial charge in [0.05, 0.1) is 16.7 Å². The van der Waals surface area contributed by atoms with Gasteiger partial charge in [-0.2, -0.15) is 0 Å². The Hall–Kier alpha value is -2.77. The van der Waals surface area contributed by atoms with E-state index in [2.05, 4.69) is 4.98 Å². The lowest BCUT2D eigenvalue weighted by molar-refractivity contribution is -0.201. The monoisotopic (exact) mass is 605 g/mol. The van der Waals surface area contributed by atoms with Crippen molar-refractivity contribution in [1.82, 2.24) is 4.98 Å². The summed E-state index contributed by atoms with van der Waals surface area (Å²) >= 11 is 13.2. The number of aliphatic hydroxyl groups is 1. The van der Waals surface area contributed by atoms with Gasteiger partial charge in [0, 0.05) is 24.3 Å². The standard InChI is InChI=1S/C25H20Cl2F3NO7S/c1-10(33)36-22-19(8-32)38-25(39-13-3-4-14(26)15(27)7-13)23(37-11(2)34)20(22)24-31-18(9-35-24)12-5-16(28)21(30)17(29)6-12/h3-7,9,19-20,22-23,25,32H,8H2,1-2H3/t19-,20+,22+,23-,25-/m1/s1. The number of thioether (sulfide) groups is 1. The van der Waals surface area contributed by atoms with Crippen LogP contribution in [0.4, 0.5) is 13.2 Å². The lowest BCUT2D eigenvalue weighted by Gasteiger charge is -2.43. The highest BCUT2D eigenvalue weighted by molar-refractivity contribution is 7.99. The van der Waals surface area contributed by atoms with Gasteiger partial charge in [0.1, 0.15) is 35.5 Å². The molecule has 0 amide bonds. The van der Waals surface area contributed by atoms with Crippen molar-refractivity contribution in [3.8, 4) is 11.3 Å². The van der Waals surface area contributed by atoms with E-state index in [1.54, 1.807) is 18.2 Å². The zero-order valence-electron chi connectivity index (χ0n) is 20.2. The Kier molecular flexibility index (Phi) is 9.12. The number of aromatic nitrogens is 1. The average molecular weight is 606 g/mol. The predicted octanol–water partition coefficient (Wildman–Crippen LogP) is 5.52. The maximum Gasteiger partial charge on any atom is 0.303 e. The second-order valence-corrected chi connectivity index (χ2v) is 10.4. The minimum atomic E-state index is -1.65. The molecule has 1 saturated heterocycles. The molecule has 0 bridgehead atoms. The summed E-state index contributed by atoms with van der Waals surface area (Å²) in [5, 5.41) is 10.7. The predicted molar refractivity (Wildman–Crippen MR) is 134 cm³/mol. The Bertz CT molecular complexity index is 1370. The van der Waals surface area contributed by atoms with Crippen molar-refractivity contribution in [2.24, 2.45) is 0 Å². The minimum absolute atomic E-state index is 0.0772. The summed E-state index contributed by atoms with van der Waals surface area (Å²) in [6, 6.07) is 6.23. The van der Waals surface area contributed by atoms with Gasteiger partial charge < -0.3 is 23.7 Å². The van der Waals surface area contributed by atoms with Gasteiger partial charge in [-0.25, -0.2) is 18.2 Å². The zero-order chi connectivity index (χ0) is 28.4. The smallest absolute Gasteiger partial charge is 0.303 e. The Morgan fingerprint density at radius 1 is 1.03 bits per heavy atom. The highest BCUT2D eigenvalue weighted by Crippen LogP contribution is 2.44. The molecule has 208 valence electrons. The lowest BCUT2D eigenvalue weighted by atomic mass is 9.89. The lowest BCUT2D eigenvalue weighted by Crippen LogP contribution is -2.55. The van der Waals surface area contributed by atoms with Crippen LogP contribution in [0.15, 0.2) is 45.9 Å². The number of rotatable bonds is 7. The van der Waals surface area contributed by atoms with E-state index in [0.717, 1.165) is 44.0 Å². The highest BCUT2D eigenvalue weighted by atomic mass is 35.5. The van der Waals surface area contributed by atoms with Crippen LogP contribution in [0.5, 0.6) is 0 Å². The van der Waals surface area contributed by atoms with Gasteiger partial charge in [0.2, 0.25) is 5.89 Å². The Labute approximate surface area is 234 Å². The number of hydrogen-bond acceptors (Lipinski definition) is 9. The van der Waals surface area contributed by atoms with Crippen molar-refractivity contribution in [2.75, 3.05) is 6.61 Å². The number of oxazole rings is 1. The molecule has 5 atom stereocenters. The van der Waals surface area contributed by atoms with E-state index in [1.165, 1.54) is 0 Å². The fourth-order valence-corrected chi connectivity index (χ4v) is 5.58. The van der Waals surface area contributed by atoms with E-state index in [0.29, 0.717) is 9.92 Å². The molecule has 1 aromatic heterocycles. The Balaban J connectivity index is 1.79. The van der Waals surface area contributed by atoms with Crippen LogP contribution in [0.2, 0.25) is 10.0 Å². The van der Waals surface area contributed by atoms with Crippen LogP contribution in [0.3, 0.4) is 0 Å². The summed E-state index contributed by atoms with van der Waals surface area (Å²) in [6.07, 6.45) is -2.53. The molecule has 0 spiro atoms. The third kappa shape index (κ3) is 6.52. The fourth-order valence-electron chi connectivity index (χ4n) is 4.06. The number of benzene rings is 2. The number of carbonyl (C=O) groups excluding carboxylic acids is 2. The van der Waals surface area contributed by atoms with E-state index in [1.807, 2.05) is 0 Å². The molecule has 0 saturated carbocycles. The normalized spacial score (nSPS) is 22.9. The van der Waals surface area contributed by atoms with Crippen LogP contribution in [0, 0.1) is 17.5 Å². The highest BCUT2D eigenvalue weighted by Gasteiger charge is 2.52. The summed E-state index contributed by atoms with van der Waals surface area (Å²) in [5.41, 5.74) is -1.22. The molecule has 14 heteroatoms. The number of hydrogen-bond donors (Lipinski definition) is 1. The molecule has 0 aliphatic carbocycles. The largest absolute Gasteiger partial charge is 0.459 e. The first kappa shape index (κ1) is 29.2. The first-order chi connectivity index (χ1) is 18.5. The molecule has 39 heavy (non-hydrogen) atoms. The van der Waals surface area contributed by atoms with Crippen molar-refractivity contribution < 1.29 is 46.5 Å². The maximum absolute atomic E-state index is 13.9. The Morgan fingerprint density at radius 2 is 1.67 bits per heavy atom. The van der Waals surface area contributed by atoms with Crippen LogP contribution in [0.25, 0.3) is 11.3 Å². The SMILES string of the molecule is CC(=O)O[C@@H]1[C@@H](c2nc(-c3cc(F)c(F)c(F)c3)co2)[C@@H](OC(C)=O)[C@@H](CO)O[C@@H]1Sc1ccc(Cl)c(Cl)c1. The molecule has 0 unspecified atom stereocenters. The van der Waals surface area contributed by atoms with Crippen molar-refractivity contribution in [1.29, 1.82) is 0 Å². The number of carbonyl (C=O) groups is 2. The molecule has 8 nitrogen and oxygen atoms in total. The van der Waals surface area contributed by atoms with Crippen LogP contribution in [-0.4, -0.2) is 52.4 Å². The van der Waals surface area contributed by atoms with E-state index in [4.69, 9.17) is 41.8 Å². The first-order valence-electron chi connectivity index (χ1n) is 11.3. The number of aliphatic hydroxyl groups excluding tert-OH is 1. The van der Waals surface area contributed by atoms with E-state index >= 15 is 0 Å². The third-order valence-corrected chi connectivity index (χ3v) is 7.54. The Morgan fingerprint density at radius 3 is 2.26 bits per heavy atom. The number of nitrogens with zero attached hydrogens (tertiary/aromatic N) is 1. The summed E-state index contributed by atoms with van der Waals surface area (Å²) in [4.78, 5) is 29.0. The van der Waals surface area contributed by atoms with Crippen LogP contribution in [-0.2, 0) is 23.8 Å². The molecule has 1 aliphatic heterocycles. The average Bonchev–Trinajstić information content (AvgIpc) is 3.35. The van der Waals surface area contributed by atoms with Crippen LogP contribution in [0.1, 0.15) is 25.7 Å². The van der Waals surface area contributed by atoms with Gasteiger partial charge in [0.15, 0.2) is 23.6 Å². The van der Waals surface area contributed by atoms with Gasteiger partial charge >= 0.3 is 11.9 Å². The molecule has 1 N–H and O–H groups in total. The summed E-state index contributed by atoms with van der Waals surface area (Å²) < 4.78 is 63.8. The molecule has 1 fully saturated rings. The summed E-state index contributed by atoms with van der Waals surface area (Å²) in [5.74, 6) is -7.28. The molecule has 2 aromatic carbocycles. The molecule has 1 aliphatic rings. The van der Waals surface area contributed by atoms with Crippen LogP contribution < -0.4 is 0 Å². The van der Waals surface area contributed by atoms with E-state index < -0.39 is 65.7 Å². The summed E-state index contributed by atoms with van der Waals surface area (Å²) in [7, 11) is 0. The second kappa shape index (κ2) is 12.2. The van der Waals surface area contributed by atoms with Gasteiger partial charge in [0.25, 0.3) is 0 Å². The van der Waals surface area contributed by atoms with Crippen molar-refractivity contribution in [3.05, 3.63) is 70.0 Å². The first-order valence-corrected chi connectivity index (χ1v) is 12.9. The van der Waals surface area contributed by atoms with Gasteiger partial charge in [-0.1, -0.05) is 35.0 Å². The van der Waals surface area contributed by atoms with Crippen molar-refractivity contribution in [3.63, 3.8) is 0 Å². The second-order valence-electron chi connectivity index (χ2n) is 8.42. The molecule has 4 rings (SSSR count). The van der Waals surface area contributed by atoms with Crippen LogP contribution >= 0.6 is 35.0 Å². The topological polar surface area (TPSA) is 108 Å². The molecular weight excluding hydrogens is 586 g/mol. The van der Waals surface area contributed by atoms with Crippen molar-refractivity contribution >= 4 is 46.9 Å². The molecule has 0 radical (unpaired) electrons. The molecule has 2 heterocycles. The van der Waals surface area contributed by atoms with Gasteiger partial charge in [-0.3, -0.25) is 9.59 Å². The number of halogens is 5. The van der Waals surface area contributed by atoms with Gasteiger partial charge in [-0.15, -0.1) is 0 Å². The minimum Gasteiger partial charge on any atom is -0.459 e. The van der Waals surface area contributed by atoms with E-state index in [9.17, 15) is 27.9 Å². The quantitative estimate of drug-likeness (QED) is 0.275. The van der Waals surface area contributed by atoms with E-state index in [-0.39, 0.29) is 22.2 Å².